The highest BCUT2D eigenvalue weighted by Gasteiger charge is 2.31. The summed E-state index contributed by atoms with van der Waals surface area (Å²) in [6.45, 7) is 1.46. The Hall–Kier alpha value is -2.69. The zero-order valence-electron chi connectivity index (χ0n) is 15.2. The molecule has 0 aliphatic carbocycles. The third-order valence-corrected chi connectivity index (χ3v) is 5.51. The first-order valence-electron chi connectivity index (χ1n) is 9.41. The number of hydrogen-bond donors (Lipinski definition) is 2. The molecule has 1 saturated heterocycles. The van der Waals surface area contributed by atoms with Crippen molar-refractivity contribution >= 4 is 16.7 Å². The summed E-state index contributed by atoms with van der Waals surface area (Å²) in [6.07, 6.45) is 0.193. The molecule has 0 bridgehead atoms. The van der Waals surface area contributed by atoms with Crippen LogP contribution in [-0.4, -0.2) is 35.1 Å². The molecule has 0 aromatic heterocycles. The first kappa shape index (κ1) is 17.7. The highest BCUT2D eigenvalue weighted by Crippen LogP contribution is 2.31. The maximum atomic E-state index is 12.7. The van der Waals surface area contributed by atoms with Crippen LogP contribution in [0, 0.1) is 0 Å². The SMILES string of the molecule is NCc1ccc(C(=O)N2CC[C@@H](c3ccc4ccccc4c3)[C@H](O)C2)cc1. The lowest BCUT2D eigenvalue weighted by molar-refractivity contribution is 0.0382. The van der Waals surface area contributed by atoms with Gasteiger partial charge in [-0.3, -0.25) is 4.79 Å². The third-order valence-electron chi connectivity index (χ3n) is 5.51. The number of β-amino-alcohol motifs (C(OH)–C–C–N with tert-alkyl or cyclic N) is 1. The minimum absolute atomic E-state index is 0.0328. The molecule has 3 aromatic rings. The van der Waals surface area contributed by atoms with E-state index >= 15 is 0 Å². The van der Waals surface area contributed by atoms with E-state index in [1.165, 1.54) is 10.8 Å². The van der Waals surface area contributed by atoms with E-state index in [1.807, 2.05) is 36.4 Å². The summed E-state index contributed by atoms with van der Waals surface area (Å²) in [4.78, 5) is 14.5. The molecular formula is C23H24N2O2. The van der Waals surface area contributed by atoms with E-state index in [0.29, 0.717) is 25.2 Å². The van der Waals surface area contributed by atoms with Crippen molar-refractivity contribution < 1.29 is 9.90 Å². The summed E-state index contributed by atoms with van der Waals surface area (Å²) < 4.78 is 0. The molecule has 3 aromatic carbocycles. The standard InChI is InChI=1S/C23H24N2O2/c24-14-16-5-7-18(8-6-16)23(27)25-12-11-21(22(26)15-25)20-10-9-17-3-1-2-4-19(17)13-20/h1-10,13,21-22,26H,11-12,14-15,24H2/t21-,22+/m0/s1. The fraction of sp³-hybridized carbons (Fsp3) is 0.261. The first-order chi connectivity index (χ1) is 13.2. The first-order valence-corrected chi connectivity index (χ1v) is 9.41. The predicted octanol–water partition coefficient (Wildman–Crippen LogP) is 3.29. The Balaban J connectivity index is 1.48. The minimum Gasteiger partial charge on any atom is -0.391 e. The molecule has 4 nitrogen and oxygen atoms in total. The van der Waals surface area contributed by atoms with Gasteiger partial charge in [0.25, 0.3) is 5.91 Å². The number of rotatable bonds is 3. The number of nitrogens with two attached hydrogens (primary N) is 1. The van der Waals surface area contributed by atoms with Crippen molar-refractivity contribution in [2.45, 2.75) is 25.0 Å². The molecule has 3 N–H and O–H groups in total. The van der Waals surface area contributed by atoms with Crippen LogP contribution in [0.4, 0.5) is 0 Å². The van der Waals surface area contributed by atoms with Crippen LogP contribution in [0.5, 0.6) is 0 Å². The van der Waals surface area contributed by atoms with Crippen molar-refractivity contribution in [3.05, 3.63) is 83.4 Å². The molecule has 1 heterocycles. The lowest BCUT2D eigenvalue weighted by Crippen LogP contribution is -2.45. The highest BCUT2D eigenvalue weighted by molar-refractivity contribution is 5.94. The van der Waals surface area contributed by atoms with E-state index < -0.39 is 6.10 Å². The fourth-order valence-corrected chi connectivity index (χ4v) is 3.91. The molecule has 138 valence electrons. The Morgan fingerprint density at radius 1 is 1.04 bits per heavy atom. The molecule has 1 aliphatic rings. The van der Waals surface area contributed by atoms with Crippen molar-refractivity contribution in [3.63, 3.8) is 0 Å². The highest BCUT2D eigenvalue weighted by atomic mass is 16.3. The van der Waals surface area contributed by atoms with E-state index in [-0.39, 0.29) is 11.8 Å². The predicted molar refractivity (Wildman–Crippen MR) is 108 cm³/mol. The monoisotopic (exact) mass is 360 g/mol. The van der Waals surface area contributed by atoms with Crippen molar-refractivity contribution in [1.29, 1.82) is 0 Å². The molecule has 0 spiro atoms. The molecule has 2 atom stereocenters. The molecule has 1 aliphatic heterocycles. The van der Waals surface area contributed by atoms with E-state index in [0.717, 1.165) is 17.5 Å². The van der Waals surface area contributed by atoms with Gasteiger partial charge in [0.15, 0.2) is 0 Å². The van der Waals surface area contributed by atoms with Gasteiger partial charge in [0.1, 0.15) is 0 Å². The van der Waals surface area contributed by atoms with Crippen LogP contribution in [-0.2, 0) is 6.54 Å². The van der Waals surface area contributed by atoms with Gasteiger partial charge in [-0.2, -0.15) is 0 Å². The molecule has 0 saturated carbocycles. The Bertz CT molecular complexity index is 952. The van der Waals surface area contributed by atoms with E-state index in [1.54, 1.807) is 4.90 Å². The second kappa shape index (κ2) is 7.51. The summed E-state index contributed by atoms with van der Waals surface area (Å²) in [7, 11) is 0. The van der Waals surface area contributed by atoms with Crippen LogP contribution in [0.3, 0.4) is 0 Å². The Morgan fingerprint density at radius 2 is 1.78 bits per heavy atom. The van der Waals surface area contributed by atoms with Crippen LogP contribution in [0.15, 0.2) is 66.7 Å². The Morgan fingerprint density at radius 3 is 2.48 bits per heavy atom. The number of aliphatic hydroxyl groups excluding tert-OH is 1. The largest absolute Gasteiger partial charge is 0.391 e. The number of fused-ring (bicyclic) bond motifs is 1. The summed E-state index contributed by atoms with van der Waals surface area (Å²) in [5.41, 5.74) is 8.40. The van der Waals surface area contributed by atoms with E-state index in [4.69, 9.17) is 5.73 Å². The van der Waals surface area contributed by atoms with Gasteiger partial charge >= 0.3 is 0 Å². The van der Waals surface area contributed by atoms with Gasteiger partial charge < -0.3 is 15.7 Å². The van der Waals surface area contributed by atoms with Crippen LogP contribution < -0.4 is 5.73 Å². The molecule has 0 radical (unpaired) electrons. The van der Waals surface area contributed by atoms with Gasteiger partial charge in [-0.1, -0.05) is 54.6 Å². The smallest absolute Gasteiger partial charge is 0.253 e. The summed E-state index contributed by atoms with van der Waals surface area (Å²) in [5.74, 6) is 0.0212. The Kier molecular flexibility index (Phi) is 4.92. The average molecular weight is 360 g/mol. The van der Waals surface area contributed by atoms with Gasteiger partial charge in [-0.25, -0.2) is 0 Å². The van der Waals surface area contributed by atoms with Crippen molar-refractivity contribution in [1.82, 2.24) is 4.90 Å². The molecular weight excluding hydrogens is 336 g/mol. The molecule has 1 amide bonds. The average Bonchev–Trinajstić information content (AvgIpc) is 2.73. The van der Waals surface area contributed by atoms with Crippen molar-refractivity contribution in [3.8, 4) is 0 Å². The number of carbonyl (C=O) groups is 1. The van der Waals surface area contributed by atoms with Gasteiger partial charge in [0.2, 0.25) is 0 Å². The van der Waals surface area contributed by atoms with Crippen LogP contribution in [0.2, 0.25) is 0 Å². The molecule has 4 heteroatoms. The molecule has 27 heavy (non-hydrogen) atoms. The van der Waals surface area contributed by atoms with Crippen molar-refractivity contribution in [2.75, 3.05) is 13.1 Å². The number of carbonyl (C=O) groups excluding carboxylic acids is 1. The van der Waals surface area contributed by atoms with Crippen LogP contribution in [0.25, 0.3) is 10.8 Å². The molecule has 0 unspecified atom stereocenters. The van der Waals surface area contributed by atoms with Gasteiger partial charge in [-0.05, 0) is 40.5 Å². The van der Waals surface area contributed by atoms with Gasteiger partial charge in [-0.15, -0.1) is 0 Å². The number of likely N-dealkylation sites (tertiary alicyclic amines) is 1. The quantitative estimate of drug-likeness (QED) is 0.753. The van der Waals surface area contributed by atoms with Crippen molar-refractivity contribution in [2.24, 2.45) is 5.73 Å². The lowest BCUT2D eigenvalue weighted by atomic mass is 9.86. The normalized spacial score (nSPS) is 20.0. The van der Waals surface area contributed by atoms with E-state index in [2.05, 4.69) is 30.3 Å². The molecule has 4 rings (SSSR count). The number of amides is 1. The fourth-order valence-electron chi connectivity index (χ4n) is 3.91. The number of nitrogens with zero attached hydrogens (tertiary/aromatic N) is 1. The molecule has 1 fully saturated rings. The number of hydrogen-bond acceptors (Lipinski definition) is 3. The third kappa shape index (κ3) is 3.59. The van der Waals surface area contributed by atoms with Gasteiger partial charge in [0.05, 0.1) is 6.10 Å². The Labute approximate surface area is 159 Å². The minimum atomic E-state index is -0.563. The van der Waals surface area contributed by atoms with Crippen LogP contribution in [0.1, 0.15) is 33.8 Å². The zero-order valence-corrected chi connectivity index (χ0v) is 15.2. The maximum absolute atomic E-state index is 12.7. The summed E-state index contributed by atoms with van der Waals surface area (Å²) in [6, 6.07) is 22.0. The lowest BCUT2D eigenvalue weighted by Gasteiger charge is -2.36. The van der Waals surface area contributed by atoms with Crippen LogP contribution >= 0.6 is 0 Å². The summed E-state index contributed by atoms with van der Waals surface area (Å²) >= 11 is 0. The number of aliphatic hydroxyl groups is 1. The number of piperidine rings is 1. The second-order valence-corrected chi connectivity index (χ2v) is 7.22. The topological polar surface area (TPSA) is 66.6 Å². The van der Waals surface area contributed by atoms with E-state index in [9.17, 15) is 9.90 Å². The number of benzene rings is 3. The zero-order chi connectivity index (χ0) is 18.8. The van der Waals surface area contributed by atoms with Gasteiger partial charge in [0, 0.05) is 31.1 Å². The summed E-state index contributed by atoms with van der Waals surface area (Å²) in [5, 5.41) is 13.1. The second-order valence-electron chi connectivity index (χ2n) is 7.22. The maximum Gasteiger partial charge on any atom is 0.253 e.